The maximum atomic E-state index is 11.1. The van der Waals surface area contributed by atoms with Crippen LogP contribution in [0.15, 0.2) is 43.0 Å². The first-order valence-electron chi connectivity index (χ1n) is 5.04. The lowest BCUT2D eigenvalue weighted by Gasteiger charge is -2.10. The summed E-state index contributed by atoms with van der Waals surface area (Å²) in [5.74, 6) is -0.308. The van der Waals surface area contributed by atoms with E-state index in [9.17, 15) is 4.79 Å². The summed E-state index contributed by atoms with van der Waals surface area (Å²) in [7, 11) is 0. The first-order chi connectivity index (χ1) is 8.13. The molecule has 17 heavy (non-hydrogen) atoms. The molecule has 0 saturated heterocycles. The molecule has 2 rings (SSSR count). The lowest BCUT2D eigenvalue weighted by molar-refractivity contribution is -0.128. The van der Waals surface area contributed by atoms with E-state index in [-0.39, 0.29) is 11.4 Å². The number of esters is 1. The van der Waals surface area contributed by atoms with E-state index in [0.717, 1.165) is 16.8 Å². The number of carbonyl (C=O) groups excluding carboxylic acids is 1. The molecule has 0 aliphatic heterocycles. The van der Waals surface area contributed by atoms with E-state index in [2.05, 4.69) is 6.58 Å². The van der Waals surface area contributed by atoms with Crippen LogP contribution in [0.5, 0.6) is 5.75 Å². The minimum Gasteiger partial charge on any atom is -0.421 e. The maximum Gasteiger partial charge on any atom is 0.335 e. The SMILES string of the molecule is C=CC(=O)Oc1cc2ccccc2c(N)c1N. The zero-order valence-electron chi connectivity index (χ0n) is 9.14. The van der Waals surface area contributed by atoms with Gasteiger partial charge in [-0.15, -0.1) is 0 Å². The average molecular weight is 228 g/mol. The van der Waals surface area contributed by atoms with Gasteiger partial charge in [0.2, 0.25) is 0 Å². The Labute approximate surface area is 98.5 Å². The van der Waals surface area contributed by atoms with E-state index in [0.29, 0.717) is 5.69 Å². The Morgan fingerprint density at radius 3 is 2.65 bits per heavy atom. The molecule has 0 aliphatic carbocycles. The van der Waals surface area contributed by atoms with Gasteiger partial charge >= 0.3 is 5.97 Å². The first kappa shape index (κ1) is 11.0. The zero-order chi connectivity index (χ0) is 12.4. The molecule has 4 N–H and O–H groups in total. The van der Waals surface area contributed by atoms with Crippen molar-refractivity contribution < 1.29 is 9.53 Å². The molecule has 0 heterocycles. The van der Waals surface area contributed by atoms with Crippen LogP contribution in [0.4, 0.5) is 11.4 Å². The van der Waals surface area contributed by atoms with Gasteiger partial charge in [-0.1, -0.05) is 30.8 Å². The van der Waals surface area contributed by atoms with E-state index < -0.39 is 5.97 Å². The Morgan fingerprint density at radius 1 is 1.24 bits per heavy atom. The van der Waals surface area contributed by atoms with E-state index >= 15 is 0 Å². The van der Waals surface area contributed by atoms with E-state index in [1.807, 2.05) is 24.3 Å². The van der Waals surface area contributed by atoms with Crippen molar-refractivity contribution in [2.75, 3.05) is 11.5 Å². The van der Waals surface area contributed by atoms with Crippen LogP contribution in [-0.2, 0) is 4.79 Å². The third-order valence-corrected chi connectivity index (χ3v) is 2.47. The summed E-state index contributed by atoms with van der Waals surface area (Å²) in [5, 5.41) is 1.70. The average Bonchev–Trinajstić information content (AvgIpc) is 2.35. The van der Waals surface area contributed by atoms with Crippen molar-refractivity contribution in [3.05, 3.63) is 43.0 Å². The van der Waals surface area contributed by atoms with Gasteiger partial charge in [-0.05, 0) is 11.5 Å². The highest BCUT2D eigenvalue weighted by molar-refractivity contribution is 6.01. The fourth-order valence-electron chi connectivity index (χ4n) is 1.60. The number of nitrogen functional groups attached to an aromatic ring is 2. The second-order valence-corrected chi connectivity index (χ2v) is 3.55. The number of nitrogens with two attached hydrogens (primary N) is 2. The monoisotopic (exact) mass is 228 g/mol. The topological polar surface area (TPSA) is 78.3 Å². The van der Waals surface area contributed by atoms with Gasteiger partial charge in [0.15, 0.2) is 5.75 Å². The largest absolute Gasteiger partial charge is 0.421 e. The molecule has 0 fully saturated rings. The normalized spacial score (nSPS) is 10.1. The summed E-state index contributed by atoms with van der Waals surface area (Å²) in [5.41, 5.74) is 12.4. The number of anilines is 2. The molecule has 0 amide bonds. The third kappa shape index (κ3) is 1.92. The lowest BCUT2D eigenvalue weighted by Crippen LogP contribution is -2.07. The van der Waals surface area contributed by atoms with Crippen LogP contribution in [-0.4, -0.2) is 5.97 Å². The number of benzene rings is 2. The van der Waals surface area contributed by atoms with Crippen LogP contribution in [0.2, 0.25) is 0 Å². The number of hydrogen-bond acceptors (Lipinski definition) is 4. The summed E-state index contributed by atoms with van der Waals surface area (Å²) in [6.07, 6.45) is 1.07. The fourth-order valence-corrected chi connectivity index (χ4v) is 1.60. The molecule has 0 saturated carbocycles. The van der Waals surface area contributed by atoms with Crippen LogP contribution < -0.4 is 16.2 Å². The zero-order valence-corrected chi connectivity index (χ0v) is 9.14. The van der Waals surface area contributed by atoms with Crippen molar-refractivity contribution in [1.29, 1.82) is 0 Å². The predicted octanol–water partition coefficient (Wildman–Crippen LogP) is 2.10. The summed E-state index contributed by atoms with van der Waals surface area (Å²) < 4.78 is 5.02. The first-order valence-corrected chi connectivity index (χ1v) is 5.04. The lowest BCUT2D eigenvalue weighted by atomic mass is 10.1. The van der Waals surface area contributed by atoms with Crippen molar-refractivity contribution in [3.63, 3.8) is 0 Å². The Hall–Kier alpha value is -2.49. The molecule has 0 bridgehead atoms. The number of fused-ring (bicyclic) bond motifs is 1. The van der Waals surface area contributed by atoms with Gasteiger partial charge in [-0.2, -0.15) is 0 Å². The van der Waals surface area contributed by atoms with Crippen LogP contribution in [0.1, 0.15) is 0 Å². The van der Waals surface area contributed by atoms with Gasteiger partial charge in [0.1, 0.15) is 0 Å². The Balaban J connectivity index is 2.61. The summed E-state index contributed by atoms with van der Waals surface area (Å²) in [4.78, 5) is 11.1. The highest BCUT2D eigenvalue weighted by atomic mass is 16.5. The van der Waals surface area contributed by atoms with Gasteiger partial charge in [-0.25, -0.2) is 4.79 Å². The minimum absolute atomic E-state index is 0.256. The van der Waals surface area contributed by atoms with E-state index in [1.165, 1.54) is 0 Å². The van der Waals surface area contributed by atoms with Gasteiger partial charge in [-0.3, -0.25) is 0 Å². The molecular weight excluding hydrogens is 216 g/mol. The van der Waals surface area contributed by atoms with Crippen molar-refractivity contribution in [3.8, 4) is 5.75 Å². The highest BCUT2D eigenvalue weighted by Gasteiger charge is 2.11. The number of carbonyl (C=O) groups is 1. The molecule has 0 aliphatic rings. The van der Waals surface area contributed by atoms with Crippen molar-refractivity contribution in [2.24, 2.45) is 0 Å². The summed E-state index contributed by atoms with van der Waals surface area (Å²) in [6.45, 7) is 3.32. The van der Waals surface area contributed by atoms with E-state index in [1.54, 1.807) is 6.07 Å². The van der Waals surface area contributed by atoms with Crippen LogP contribution in [0.25, 0.3) is 10.8 Å². The minimum atomic E-state index is -0.564. The van der Waals surface area contributed by atoms with E-state index in [4.69, 9.17) is 16.2 Å². The van der Waals surface area contributed by atoms with Gasteiger partial charge in [0.25, 0.3) is 0 Å². The molecule has 0 atom stereocenters. The molecule has 86 valence electrons. The predicted molar refractivity (Wildman–Crippen MR) is 68.6 cm³/mol. The van der Waals surface area contributed by atoms with Crippen molar-refractivity contribution in [1.82, 2.24) is 0 Å². The second-order valence-electron chi connectivity index (χ2n) is 3.55. The molecule has 0 spiro atoms. The van der Waals surface area contributed by atoms with Crippen LogP contribution >= 0.6 is 0 Å². The third-order valence-electron chi connectivity index (χ3n) is 2.47. The Morgan fingerprint density at radius 2 is 1.94 bits per heavy atom. The maximum absolute atomic E-state index is 11.1. The molecule has 2 aromatic carbocycles. The number of ether oxygens (including phenoxy) is 1. The van der Waals surface area contributed by atoms with Crippen LogP contribution in [0.3, 0.4) is 0 Å². The molecule has 0 radical (unpaired) electrons. The van der Waals surface area contributed by atoms with Crippen LogP contribution in [0, 0.1) is 0 Å². The summed E-state index contributed by atoms with van der Waals surface area (Å²) in [6, 6.07) is 9.16. The fraction of sp³-hybridized carbons (Fsp3) is 0. The molecule has 2 aromatic rings. The number of hydrogen-bond donors (Lipinski definition) is 2. The van der Waals surface area contributed by atoms with Gasteiger partial charge in [0, 0.05) is 11.5 Å². The van der Waals surface area contributed by atoms with Gasteiger partial charge < -0.3 is 16.2 Å². The smallest absolute Gasteiger partial charge is 0.335 e. The molecule has 0 aromatic heterocycles. The Bertz CT molecular complexity index is 606. The van der Waals surface area contributed by atoms with Crippen molar-refractivity contribution >= 4 is 28.1 Å². The molecule has 0 unspecified atom stereocenters. The van der Waals surface area contributed by atoms with Gasteiger partial charge in [0.05, 0.1) is 11.4 Å². The van der Waals surface area contributed by atoms with Crippen molar-refractivity contribution in [2.45, 2.75) is 0 Å². The summed E-state index contributed by atoms with van der Waals surface area (Å²) >= 11 is 0. The molecule has 4 heteroatoms. The Kier molecular flexibility index (Phi) is 2.70. The number of rotatable bonds is 2. The molecular formula is C13H12N2O2. The second kappa shape index (κ2) is 4.17. The quantitative estimate of drug-likeness (QED) is 0.357. The molecule has 4 nitrogen and oxygen atoms in total. The highest BCUT2D eigenvalue weighted by Crippen LogP contribution is 2.35. The standard InChI is InChI=1S/C13H12N2O2/c1-2-11(16)17-10-7-8-5-3-4-6-9(8)12(14)13(10)15/h2-7H,1,14-15H2.